The van der Waals surface area contributed by atoms with Crippen LogP contribution in [0.4, 0.5) is 18.9 Å². The molecule has 4 rings (SSSR count). The van der Waals surface area contributed by atoms with Crippen LogP contribution in [0.25, 0.3) is 0 Å². The monoisotopic (exact) mass is 558 g/mol. The Kier molecular flexibility index (Phi) is 8.12. The number of amides is 2. The topological polar surface area (TPSA) is 98.6 Å². The van der Waals surface area contributed by atoms with E-state index < -0.39 is 58.7 Å². The summed E-state index contributed by atoms with van der Waals surface area (Å²) in [4.78, 5) is 28.0. The molecule has 1 aliphatic heterocycles. The normalized spacial score (nSPS) is 18.1. The van der Waals surface area contributed by atoms with Crippen LogP contribution in [0, 0.1) is 5.82 Å². The van der Waals surface area contributed by atoms with E-state index in [1.807, 2.05) is 0 Å². The first-order valence-electron chi connectivity index (χ1n) is 11.7. The molecule has 0 aromatic heterocycles. The molecule has 2 N–H and O–H groups in total. The molecule has 2 aliphatic rings. The molecule has 37 heavy (non-hydrogen) atoms. The van der Waals surface area contributed by atoms with Crippen LogP contribution in [0.3, 0.4) is 0 Å². The van der Waals surface area contributed by atoms with Crippen LogP contribution < -0.4 is 14.9 Å². The summed E-state index contributed by atoms with van der Waals surface area (Å²) in [6.45, 7) is 0.841. The minimum atomic E-state index is -3.59. The molecule has 8 nitrogen and oxygen atoms in total. The number of nitrogens with one attached hydrogen (secondary N) is 2. The quantitative estimate of drug-likeness (QED) is 0.326. The minimum Gasteiger partial charge on any atom is -0.351 e. The van der Waals surface area contributed by atoms with Gasteiger partial charge in [-0.2, -0.15) is 12.7 Å². The molecule has 2 aromatic rings. The van der Waals surface area contributed by atoms with Gasteiger partial charge in [0.25, 0.3) is 16.1 Å². The number of carbonyl (C=O) groups is 2. The van der Waals surface area contributed by atoms with Crippen molar-refractivity contribution in [3.8, 4) is 0 Å². The van der Waals surface area contributed by atoms with E-state index in [0.29, 0.717) is 13.1 Å². The van der Waals surface area contributed by atoms with Crippen LogP contribution in [-0.4, -0.2) is 56.1 Å². The maximum absolute atomic E-state index is 14.2. The number of alkyl halides is 2. The van der Waals surface area contributed by atoms with Crippen LogP contribution in [-0.2, 0) is 19.8 Å². The van der Waals surface area contributed by atoms with Crippen molar-refractivity contribution in [1.29, 1.82) is 0 Å². The van der Waals surface area contributed by atoms with E-state index in [0.717, 1.165) is 11.0 Å². The summed E-state index contributed by atoms with van der Waals surface area (Å²) in [7, 11) is -3.59. The van der Waals surface area contributed by atoms with Gasteiger partial charge in [-0.1, -0.05) is 35.9 Å². The number of carbonyl (C=O) groups excluding carboxylic acids is 2. The molecule has 1 heterocycles. The van der Waals surface area contributed by atoms with Gasteiger partial charge < -0.3 is 5.32 Å². The first-order chi connectivity index (χ1) is 17.5. The van der Waals surface area contributed by atoms with E-state index in [1.165, 1.54) is 34.6 Å². The zero-order valence-corrected chi connectivity index (χ0v) is 21.2. The summed E-state index contributed by atoms with van der Waals surface area (Å²) in [6.07, 6.45) is -1.14. The van der Waals surface area contributed by atoms with Crippen LogP contribution in [0.2, 0.25) is 5.02 Å². The molecule has 0 spiro atoms. The van der Waals surface area contributed by atoms with Gasteiger partial charge in [0.1, 0.15) is 11.9 Å². The van der Waals surface area contributed by atoms with Crippen molar-refractivity contribution >= 4 is 39.3 Å². The van der Waals surface area contributed by atoms with E-state index in [2.05, 4.69) is 10.0 Å². The Morgan fingerprint density at radius 3 is 2.46 bits per heavy atom. The Morgan fingerprint density at radius 2 is 1.84 bits per heavy atom. The fourth-order valence-corrected chi connectivity index (χ4v) is 5.52. The molecule has 2 amide bonds. The van der Waals surface area contributed by atoms with E-state index in [-0.39, 0.29) is 35.7 Å². The van der Waals surface area contributed by atoms with Crippen molar-refractivity contribution in [2.24, 2.45) is 0 Å². The van der Waals surface area contributed by atoms with Gasteiger partial charge in [-0.15, -0.1) is 0 Å². The van der Waals surface area contributed by atoms with E-state index in [4.69, 9.17) is 11.6 Å². The third kappa shape index (κ3) is 6.81. The van der Waals surface area contributed by atoms with Crippen molar-refractivity contribution in [2.75, 3.05) is 24.5 Å². The Labute approximate surface area is 217 Å². The van der Waals surface area contributed by atoms with Crippen molar-refractivity contribution < 1.29 is 31.2 Å². The van der Waals surface area contributed by atoms with Gasteiger partial charge in [-0.3, -0.25) is 14.5 Å². The van der Waals surface area contributed by atoms with Crippen molar-refractivity contribution in [2.45, 2.75) is 43.7 Å². The number of nitrogens with zero attached hydrogens (tertiary/aromatic N) is 2. The Morgan fingerprint density at radius 1 is 1.14 bits per heavy atom. The summed E-state index contributed by atoms with van der Waals surface area (Å²) in [5, 5.41) is 2.72. The fraction of sp³-hybridized carbons (Fsp3) is 0.417. The molecule has 2 aromatic carbocycles. The number of hydrogen-bond acceptors (Lipinski definition) is 4. The fourth-order valence-electron chi connectivity index (χ4n) is 4.13. The van der Waals surface area contributed by atoms with Crippen LogP contribution in [0.15, 0.2) is 48.5 Å². The number of benzene rings is 2. The first kappa shape index (κ1) is 27.4. The molecule has 0 radical (unpaired) electrons. The van der Waals surface area contributed by atoms with Crippen molar-refractivity contribution in [1.82, 2.24) is 14.3 Å². The lowest BCUT2D eigenvalue weighted by Crippen LogP contribution is -2.54. The third-order valence-corrected chi connectivity index (χ3v) is 8.05. The molecule has 2 fully saturated rings. The highest BCUT2D eigenvalue weighted by molar-refractivity contribution is 7.87. The molecule has 1 unspecified atom stereocenters. The molecule has 200 valence electrons. The summed E-state index contributed by atoms with van der Waals surface area (Å²) >= 11 is 6.38. The van der Waals surface area contributed by atoms with Gasteiger partial charge in [-0.25, -0.2) is 17.9 Å². The standard InChI is InChI=1S/C24H26ClF3N4O4S/c25-20-8-2-1-7-19(20)22(23(34)30-17-14-24(27,28)15-17)32(18-6-3-5-16(26)13-18)21(33)9-4-10-29-37(35,36)31-11-12-31/h1-3,5-8,13,17,22,29H,4,9-12,14-15H2,(H,30,34). The SMILES string of the molecule is O=C(NC1CC(F)(F)C1)C(c1ccccc1Cl)N(C(=O)CCCNS(=O)(=O)N1CC1)c1cccc(F)c1. The molecule has 1 aliphatic carbocycles. The van der Waals surface area contributed by atoms with Crippen LogP contribution >= 0.6 is 11.6 Å². The first-order valence-corrected chi connectivity index (χ1v) is 13.5. The van der Waals surface area contributed by atoms with Crippen LogP contribution in [0.1, 0.15) is 37.3 Å². The van der Waals surface area contributed by atoms with Gasteiger partial charge >= 0.3 is 0 Å². The minimum absolute atomic E-state index is 0.0261. The summed E-state index contributed by atoms with van der Waals surface area (Å²) < 4.78 is 68.6. The molecule has 1 saturated carbocycles. The summed E-state index contributed by atoms with van der Waals surface area (Å²) in [6, 6.07) is 9.18. The average molecular weight is 559 g/mol. The largest absolute Gasteiger partial charge is 0.351 e. The lowest BCUT2D eigenvalue weighted by atomic mass is 9.87. The van der Waals surface area contributed by atoms with E-state index in [9.17, 15) is 31.2 Å². The lowest BCUT2D eigenvalue weighted by molar-refractivity contribution is -0.132. The maximum atomic E-state index is 14.2. The zero-order chi connectivity index (χ0) is 26.8. The van der Waals surface area contributed by atoms with Gasteiger partial charge in [0.15, 0.2) is 0 Å². The van der Waals surface area contributed by atoms with Gasteiger partial charge in [0, 0.05) is 61.2 Å². The second-order valence-electron chi connectivity index (χ2n) is 9.04. The molecular weight excluding hydrogens is 533 g/mol. The number of hydrogen-bond donors (Lipinski definition) is 2. The second-order valence-corrected chi connectivity index (χ2v) is 11.2. The number of halogens is 4. The van der Waals surface area contributed by atoms with E-state index >= 15 is 0 Å². The van der Waals surface area contributed by atoms with E-state index in [1.54, 1.807) is 12.1 Å². The lowest BCUT2D eigenvalue weighted by Gasteiger charge is -2.38. The number of anilines is 1. The third-order valence-electron chi connectivity index (χ3n) is 6.10. The number of rotatable bonds is 11. The summed E-state index contributed by atoms with van der Waals surface area (Å²) in [5.41, 5.74) is 0.293. The predicted molar refractivity (Wildman–Crippen MR) is 132 cm³/mol. The Balaban J connectivity index is 1.60. The molecular formula is C24H26ClF3N4O4S. The van der Waals surface area contributed by atoms with Crippen molar-refractivity contribution in [3.05, 3.63) is 64.9 Å². The van der Waals surface area contributed by atoms with Gasteiger partial charge in [0.05, 0.1) is 0 Å². The average Bonchev–Trinajstić information content (AvgIpc) is 3.66. The smallest absolute Gasteiger partial charge is 0.279 e. The summed E-state index contributed by atoms with van der Waals surface area (Å²) in [5.74, 6) is -4.87. The molecule has 0 bridgehead atoms. The zero-order valence-electron chi connectivity index (χ0n) is 19.7. The van der Waals surface area contributed by atoms with Crippen LogP contribution in [0.5, 0.6) is 0 Å². The predicted octanol–water partition coefficient (Wildman–Crippen LogP) is 3.40. The Bertz CT molecular complexity index is 1270. The molecule has 13 heteroatoms. The highest BCUT2D eigenvalue weighted by Crippen LogP contribution is 2.39. The maximum Gasteiger partial charge on any atom is 0.279 e. The molecule has 1 saturated heterocycles. The van der Waals surface area contributed by atoms with Gasteiger partial charge in [-0.05, 0) is 30.7 Å². The van der Waals surface area contributed by atoms with Crippen molar-refractivity contribution in [3.63, 3.8) is 0 Å². The van der Waals surface area contributed by atoms with Gasteiger partial charge in [0.2, 0.25) is 11.8 Å². The second kappa shape index (κ2) is 11.0. The Hall–Kier alpha value is -2.67. The molecule has 1 atom stereocenters. The highest BCUT2D eigenvalue weighted by Gasteiger charge is 2.47. The highest BCUT2D eigenvalue weighted by atomic mass is 35.5.